The van der Waals surface area contributed by atoms with E-state index in [-0.39, 0.29) is 29.1 Å². The van der Waals surface area contributed by atoms with Crippen molar-refractivity contribution in [3.63, 3.8) is 0 Å². The second-order valence-corrected chi connectivity index (χ2v) is 6.14. The summed E-state index contributed by atoms with van der Waals surface area (Å²) >= 11 is 0. The molecule has 0 fully saturated rings. The quantitative estimate of drug-likeness (QED) is 0.391. The van der Waals surface area contributed by atoms with Gasteiger partial charge in [0.1, 0.15) is 6.61 Å². The van der Waals surface area contributed by atoms with Crippen molar-refractivity contribution in [2.75, 3.05) is 18.5 Å². The number of halogens is 3. The molecule has 0 aromatic heterocycles. The van der Waals surface area contributed by atoms with Gasteiger partial charge in [-0.25, -0.2) is 4.79 Å². The van der Waals surface area contributed by atoms with Crippen molar-refractivity contribution < 1.29 is 37.2 Å². The van der Waals surface area contributed by atoms with Crippen LogP contribution in [-0.4, -0.2) is 36.2 Å². The van der Waals surface area contributed by atoms with Gasteiger partial charge in [-0.15, -0.1) is 0 Å². The third-order valence-electron chi connectivity index (χ3n) is 3.83. The number of alkyl halides is 3. The fourth-order valence-electron chi connectivity index (χ4n) is 2.38. The molecule has 0 atom stereocenters. The molecule has 2 rings (SSSR count). The minimum Gasteiger partial charge on any atom is -0.452 e. The van der Waals surface area contributed by atoms with Crippen LogP contribution in [0.4, 0.5) is 24.5 Å². The van der Waals surface area contributed by atoms with Crippen molar-refractivity contribution >= 4 is 23.3 Å². The molecule has 0 heterocycles. The molecule has 0 radical (unpaired) electrons. The van der Waals surface area contributed by atoms with Crippen molar-refractivity contribution in [2.24, 2.45) is 0 Å². The van der Waals surface area contributed by atoms with Gasteiger partial charge >= 0.3 is 12.1 Å². The highest BCUT2D eigenvalue weighted by atomic mass is 19.4. The summed E-state index contributed by atoms with van der Waals surface area (Å²) in [7, 11) is 0. The number of nitro groups is 1. The Morgan fingerprint density at radius 2 is 1.80 bits per heavy atom. The van der Waals surface area contributed by atoms with Gasteiger partial charge in [0.15, 0.2) is 6.61 Å². The first-order valence-electron chi connectivity index (χ1n) is 8.51. The summed E-state index contributed by atoms with van der Waals surface area (Å²) in [4.78, 5) is 34.3. The number of nitro benzene ring substituents is 1. The van der Waals surface area contributed by atoms with E-state index in [1.165, 1.54) is 49.4 Å². The molecule has 0 unspecified atom stereocenters. The van der Waals surface area contributed by atoms with E-state index >= 15 is 0 Å². The van der Waals surface area contributed by atoms with Gasteiger partial charge in [0.2, 0.25) is 0 Å². The molecule has 0 spiro atoms. The molecule has 2 aromatic carbocycles. The number of ether oxygens (including phenoxy) is 2. The van der Waals surface area contributed by atoms with Crippen LogP contribution < -0.4 is 5.32 Å². The zero-order valence-corrected chi connectivity index (χ0v) is 15.7. The number of benzene rings is 2. The van der Waals surface area contributed by atoms with Crippen LogP contribution in [0, 0.1) is 17.0 Å². The van der Waals surface area contributed by atoms with Crippen molar-refractivity contribution in [1.29, 1.82) is 0 Å². The first-order valence-corrected chi connectivity index (χ1v) is 8.51. The maximum absolute atomic E-state index is 12.0. The molecule has 30 heavy (non-hydrogen) atoms. The Labute approximate surface area is 168 Å². The van der Waals surface area contributed by atoms with Crippen molar-refractivity contribution in [2.45, 2.75) is 19.7 Å². The van der Waals surface area contributed by atoms with E-state index in [1.807, 2.05) is 0 Å². The second-order valence-electron chi connectivity index (χ2n) is 6.14. The third kappa shape index (κ3) is 6.85. The predicted molar refractivity (Wildman–Crippen MR) is 98.9 cm³/mol. The molecule has 0 aliphatic rings. The first kappa shape index (κ1) is 22.8. The number of anilines is 1. The van der Waals surface area contributed by atoms with Crippen molar-refractivity contribution in [3.8, 4) is 0 Å². The molecular formula is C19H17F3N2O6. The summed E-state index contributed by atoms with van der Waals surface area (Å²) in [5.41, 5.74) is 0.826. The highest BCUT2D eigenvalue weighted by Crippen LogP contribution is 2.25. The molecule has 11 heteroatoms. The minimum absolute atomic E-state index is 0.0916. The Bertz CT molecular complexity index is 929. The average molecular weight is 426 g/mol. The first-order chi connectivity index (χ1) is 14.1. The zero-order valence-electron chi connectivity index (χ0n) is 15.7. The fourth-order valence-corrected chi connectivity index (χ4v) is 2.38. The average Bonchev–Trinajstić information content (AvgIpc) is 2.67. The van der Waals surface area contributed by atoms with Crippen molar-refractivity contribution in [3.05, 3.63) is 69.3 Å². The lowest BCUT2D eigenvalue weighted by Gasteiger charge is -2.10. The van der Waals surface area contributed by atoms with E-state index in [9.17, 15) is 32.9 Å². The Hall–Kier alpha value is -3.47. The zero-order chi connectivity index (χ0) is 22.3. The Morgan fingerprint density at radius 3 is 2.40 bits per heavy atom. The molecule has 0 saturated heterocycles. The molecule has 0 aliphatic heterocycles. The molecule has 8 nitrogen and oxygen atoms in total. The lowest BCUT2D eigenvalue weighted by atomic mass is 10.1. The van der Waals surface area contributed by atoms with E-state index < -0.39 is 36.2 Å². The van der Waals surface area contributed by atoms with E-state index in [2.05, 4.69) is 10.1 Å². The largest absolute Gasteiger partial charge is 0.452 e. The lowest BCUT2D eigenvalue weighted by Crippen LogP contribution is -2.21. The Balaban J connectivity index is 1.86. The monoisotopic (exact) mass is 426 g/mol. The molecule has 1 N–H and O–H groups in total. The van der Waals surface area contributed by atoms with Gasteiger partial charge in [-0.05, 0) is 30.7 Å². The number of esters is 1. The standard InChI is InChI=1S/C19H17F3N2O6/c1-12-15(3-2-4-16(12)24(27)28)23-17(25)10-30-18(26)14-7-5-13(6-8-14)9-29-11-19(20,21)22/h2-8H,9-11H2,1H3,(H,23,25). The fraction of sp³-hybridized carbons (Fsp3) is 0.263. The molecule has 2 aromatic rings. The van der Waals surface area contributed by atoms with Crippen LogP contribution in [0.15, 0.2) is 42.5 Å². The minimum atomic E-state index is -4.42. The van der Waals surface area contributed by atoms with Crippen LogP contribution in [0.5, 0.6) is 0 Å². The second kappa shape index (κ2) is 9.83. The smallest absolute Gasteiger partial charge is 0.411 e. The highest BCUT2D eigenvalue weighted by molar-refractivity contribution is 5.96. The van der Waals surface area contributed by atoms with E-state index in [0.717, 1.165) is 0 Å². The number of carbonyl (C=O) groups excluding carboxylic acids is 2. The van der Waals surface area contributed by atoms with Crippen LogP contribution in [0.2, 0.25) is 0 Å². The number of carbonyl (C=O) groups is 2. The van der Waals surface area contributed by atoms with Crippen molar-refractivity contribution in [1.82, 2.24) is 0 Å². The molecule has 1 amide bonds. The molecule has 0 bridgehead atoms. The molecule has 0 aliphatic carbocycles. The van der Waals surface area contributed by atoms with E-state index in [0.29, 0.717) is 5.56 Å². The van der Waals surface area contributed by atoms with Gasteiger partial charge in [-0.2, -0.15) is 13.2 Å². The maximum atomic E-state index is 12.0. The van der Waals surface area contributed by atoms with Gasteiger partial charge in [-0.3, -0.25) is 14.9 Å². The number of hydrogen-bond acceptors (Lipinski definition) is 6. The number of amides is 1. The van der Waals surface area contributed by atoms with Crippen LogP contribution in [0.1, 0.15) is 21.5 Å². The summed E-state index contributed by atoms with van der Waals surface area (Å²) < 4.78 is 45.5. The van der Waals surface area contributed by atoms with Gasteiger partial charge in [0.05, 0.1) is 28.3 Å². The number of hydrogen-bond donors (Lipinski definition) is 1. The lowest BCUT2D eigenvalue weighted by molar-refractivity contribution is -0.385. The summed E-state index contributed by atoms with van der Waals surface area (Å²) in [6.45, 7) is -0.813. The predicted octanol–water partition coefficient (Wildman–Crippen LogP) is 3.78. The van der Waals surface area contributed by atoms with Crippen LogP contribution in [-0.2, 0) is 20.9 Å². The summed E-state index contributed by atoms with van der Waals surface area (Å²) in [5.74, 6) is -1.51. The van der Waals surface area contributed by atoms with E-state index in [4.69, 9.17) is 4.74 Å². The summed E-state index contributed by atoms with van der Waals surface area (Å²) in [6.07, 6.45) is -4.42. The van der Waals surface area contributed by atoms with E-state index in [1.54, 1.807) is 0 Å². The van der Waals surface area contributed by atoms with Gasteiger partial charge < -0.3 is 14.8 Å². The van der Waals surface area contributed by atoms with Gasteiger partial charge in [-0.1, -0.05) is 18.2 Å². The van der Waals surface area contributed by atoms with Gasteiger partial charge in [0, 0.05) is 6.07 Å². The molecule has 0 saturated carbocycles. The Kier molecular flexibility index (Phi) is 7.48. The molecule has 160 valence electrons. The summed E-state index contributed by atoms with van der Waals surface area (Å²) in [6, 6.07) is 9.64. The number of nitrogens with zero attached hydrogens (tertiary/aromatic N) is 1. The van der Waals surface area contributed by atoms with Crippen LogP contribution >= 0.6 is 0 Å². The SMILES string of the molecule is Cc1c(NC(=O)COC(=O)c2ccc(COCC(F)(F)F)cc2)cccc1[N+](=O)[O-]. The molecular weight excluding hydrogens is 409 g/mol. The van der Waals surface area contributed by atoms with Crippen LogP contribution in [0.25, 0.3) is 0 Å². The maximum Gasteiger partial charge on any atom is 0.411 e. The van der Waals surface area contributed by atoms with Crippen LogP contribution in [0.3, 0.4) is 0 Å². The number of rotatable bonds is 8. The van der Waals surface area contributed by atoms with Gasteiger partial charge in [0.25, 0.3) is 11.6 Å². The highest BCUT2D eigenvalue weighted by Gasteiger charge is 2.27. The third-order valence-corrected chi connectivity index (χ3v) is 3.83. The normalized spacial score (nSPS) is 11.1. The summed E-state index contributed by atoms with van der Waals surface area (Å²) in [5, 5.41) is 13.4. The number of nitrogens with one attached hydrogen (secondary N) is 1. The Morgan fingerprint density at radius 1 is 1.13 bits per heavy atom. The topological polar surface area (TPSA) is 108 Å².